The van der Waals surface area contributed by atoms with E-state index in [4.69, 9.17) is 4.74 Å². The molecule has 21 heavy (non-hydrogen) atoms. The highest BCUT2D eigenvalue weighted by Gasteiger charge is 2.31. The van der Waals surface area contributed by atoms with E-state index < -0.39 is 18.1 Å². The van der Waals surface area contributed by atoms with Gasteiger partial charge in [0.25, 0.3) is 6.43 Å². The highest BCUT2D eigenvalue weighted by molar-refractivity contribution is 5.69. The van der Waals surface area contributed by atoms with E-state index in [0.717, 1.165) is 11.1 Å². The quantitative estimate of drug-likeness (QED) is 0.790. The first kappa shape index (κ1) is 15.7. The van der Waals surface area contributed by atoms with Crippen LogP contribution in [0.5, 0.6) is 0 Å². The summed E-state index contributed by atoms with van der Waals surface area (Å²) in [5, 5.41) is 0. The van der Waals surface area contributed by atoms with E-state index in [1.165, 1.54) is 4.90 Å². The molecule has 1 amide bonds. The number of alkyl halides is 2. The number of hydrogen-bond acceptors (Lipinski definition) is 3. The predicted octanol–water partition coefficient (Wildman–Crippen LogP) is 3.89. The normalized spacial score (nSPS) is 14.6. The summed E-state index contributed by atoms with van der Waals surface area (Å²) >= 11 is 0. The van der Waals surface area contributed by atoms with Crippen molar-refractivity contribution in [2.75, 3.05) is 0 Å². The summed E-state index contributed by atoms with van der Waals surface area (Å²) in [6.45, 7) is 9.36. The van der Waals surface area contributed by atoms with Crippen LogP contribution in [-0.4, -0.2) is 21.6 Å². The molecule has 4 nitrogen and oxygen atoms in total. The highest BCUT2D eigenvalue weighted by Crippen LogP contribution is 2.32. The van der Waals surface area contributed by atoms with Gasteiger partial charge in [-0.25, -0.2) is 18.6 Å². The Morgan fingerprint density at radius 3 is 2.38 bits per heavy atom. The Hall–Kier alpha value is -1.72. The number of nitrogens with zero attached hydrogens (tertiary/aromatic N) is 2. The zero-order valence-electron chi connectivity index (χ0n) is 13.0. The number of halogens is 2. The van der Waals surface area contributed by atoms with Crippen LogP contribution in [0.25, 0.3) is 0 Å². The summed E-state index contributed by atoms with van der Waals surface area (Å²) in [7, 11) is 0. The van der Waals surface area contributed by atoms with E-state index in [0.29, 0.717) is 17.8 Å². The lowest BCUT2D eigenvalue weighted by atomic mass is 10.0. The predicted molar refractivity (Wildman–Crippen MR) is 74.1 cm³/mol. The van der Waals surface area contributed by atoms with Crippen molar-refractivity contribution < 1.29 is 18.3 Å². The fourth-order valence-electron chi connectivity index (χ4n) is 2.37. The first-order valence-electron chi connectivity index (χ1n) is 6.85. The van der Waals surface area contributed by atoms with Crippen molar-refractivity contribution in [2.45, 2.75) is 59.7 Å². The van der Waals surface area contributed by atoms with E-state index in [1.807, 2.05) is 0 Å². The summed E-state index contributed by atoms with van der Waals surface area (Å²) in [5.41, 5.74) is 1.88. The number of carbonyl (C=O) groups is 1. The average Bonchev–Trinajstić information content (AvgIpc) is 2.75. The molecule has 0 saturated carbocycles. The first-order chi connectivity index (χ1) is 9.60. The Bertz CT molecular complexity index is 580. The second-order valence-corrected chi connectivity index (χ2v) is 6.31. The standard InChI is InChI=1S/C15H20F2N2O2/c1-8-9(2)12(13(16)17)18-11-7-19(6-10(8)11)14(20)21-15(3,4)5/h13H,6-7H2,1-5H3. The lowest BCUT2D eigenvalue weighted by Gasteiger charge is -2.24. The summed E-state index contributed by atoms with van der Waals surface area (Å²) in [6.07, 6.45) is -3.05. The van der Waals surface area contributed by atoms with Crippen LogP contribution in [0.2, 0.25) is 0 Å². The van der Waals surface area contributed by atoms with Crippen LogP contribution in [0.3, 0.4) is 0 Å². The van der Waals surface area contributed by atoms with Gasteiger partial charge in [-0.15, -0.1) is 0 Å². The minimum Gasteiger partial charge on any atom is -0.444 e. The molecule has 0 fully saturated rings. The molecule has 0 saturated heterocycles. The van der Waals surface area contributed by atoms with Crippen molar-refractivity contribution in [1.82, 2.24) is 9.88 Å². The van der Waals surface area contributed by atoms with Gasteiger partial charge in [-0.05, 0) is 51.3 Å². The molecule has 0 radical (unpaired) electrons. The Balaban J connectivity index is 2.27. The highest BCUT2D eigenvalue weighted by atomic mass is 19.3. The van der Waals surface area contributed by atoms with Crippen molar-refractivity contribution >= 4 is 6.09 Å². The summed E-state index contributed by atoms with van der Waals surface area (Å²) < 4.78 is 31.3. The first-order valence-corrected chi connectivity index (χ1v) is 6.85. The number of fused-ring (bicyclic) bond motifs is 1. The molecule has 0 unspecified atom stereocenters. The molecule has 116 valence electrons. The third kappa shape index (κ3) is 3.14. The maximum Gasteiger partial charge on any atom is 0.410 e. The van der Waals surface area contributed by atoms with Gasteiger partial charge in [0.05, 0.1) is 18.8 Å². The SMILES string of the molecule is Cc1c(C(F)F)nc2c(c1C)CN(C(=O)OC(C)(C)C)C2. The van der Waals surface area contributed by atoms with Crippen molar-refractivity contribution in [3.8, 4) is 0 Å². The van der Waals surface area contributed by atoms with Crippen molar-refractivity contribution in [3.63, 3.8) is 0 Å². The van der Waals surface area contributed by atoms with Gasteiger partial charge in [-0.1, -0.05) is 0 Å². The molecule has 0 bridgehead atoms. The van der Waals surface area contributed by atoms with Gasteiger partial charge in [-0.2, -0.15) is 0 Å². The average molecular weight is 298 g/mol. The Labute approximate surface area is 123 Å². The summed E-state index contributed by atoms with van der Waals surface area (Å²) in [4.78, 5) is 17.6. The monoisotopic (exact) mass is 298 g/mol. The molecule has 1 aromatic rings. The van der Waals surface area contributed by atoms with E-state index >= 15 is 0 Å². The molecule has 2 rings (SSSR count). The van der Waals surface area contributed by atoms with Gasteiger partial charge < -0.3 is 4.74 Å². The van der Waals surface area contributed by atoms with Crippen LogP contribution >= 0.6 is 0 Å². The van der Waals surface area contributed by atoms with Crippen molar-refractivity contribution in [2.24, 2.45) is 0 Å². The zero-order valence-corrected chi connectivity index (χ0v) is 13.0. The van der Waals surface area contributed by atoms with Crippen molar-refractivity contribution in [3.05, 3.63) is 28.1 Å². The van der Waals surface area contributed by atoms with Gasteiger partial charge in [-0.3, -0.25) is 4.90 Å². The molecule has 0 spiro atoms. The van der Waals surface area contributed by atoms with Crippen LogP contribution in [0, 0.1) is 13.8 Å². The topological polar surface area (TPSA) is 42.4 Å². The lowest BCUT2D eigenvalue weighted by Crippen LogP contribution is -2.33. The Morgan fingerprint density at radius 2 is 1.86 bits per heavy atom. The largest absolute Gasteiger partial charge is 0.444 e. The van der Waals surface area contributed by atoms with Gasteiger partial charge in [0.2, 0.25) is 0 Å². The molecular formula is C15H20F2N2O2. The van der Waals surface area contributed by atoms with E-state index in [-0.39, 0.29) is 12.2 Å². The van der Waals surface area contributed by atoms with Gasteiger partial charge in [0.15, 0.2) is 0 Å². The van der Waals surface area contributed by atoms with E-state index in [9.17, 15) is 13.6 Å². The fourth-order valence-corrected chi connectivity index (χ4v) is 2.37. The second kappa shape index (κ2) is 5.24. The van der Waals surface area contributed by atoms with Crippen LogP contribution in [0.4, 0.5) is 13.6 Å². The number of amides is 1. The minimum atomic E-state index is -2.61. The van der Waals surface area contributed by atoms with Crippen LogP contribution in [0.15, 0.2) is 0 Å². The smallest absolute Gasteiger partial charge is 0.410 e. The molecule has 0 N–H and O–H groups in total. The molecule has 2 heterocycles. The van der Waals surface area contributed by atoms with Crippen LogP contribution in [-0.2, 0) is 17.8 Å². The molecular weight excluding hydrogens is 278 g/mol. The number of ether oxygens (including phenoxy) is 1. The van der Waals surface area contributed by atoms with Gasteiger partial charge in [0.1, 0.15) is 11.3 Å². The number of pyridine rings is 1. The second-order valence-electron chi connectivity index (χ2n) is 6.31. The van der Waals surface area contributed by atoms with E-state index in [2.05, 4.69) is 4.98 Å². The molecule has 6 heteroatoms. The number of rotatable bonds is 1. The molecule has 0 aliphatic carbocycles. The third-order valence-electron chi connectivity index (χ3n) is 3.55. The van der Waals surface area contributed by atoms with E-state index in [1.54, 1.807) is 34.6 Å². The maximum absolute atomic E-state index is 13.0. The molecule has 1 aliphatic heterocycles. The molecule has 1 aliphatic rings. The van der Waals surface area contributed by atoms with Crippen LogP contribution < -0.4 is 0 Å². The van der Waals surface area contributed by atoms with Gasteiger partial charge in [0, 0.05) is 0 Å². The minimum absolute atomic E-state index is 0.197. The lowest BCUT2D eigenvalue weighted by molar-refractivity contribution is 0.0240. The number of hydrogen-bond donors (Lipinski definition) is 0. The Kier molecular flexibility index (Phi) is 3.91. The fraction of sp³-hybridized carbons (Fsp3) is 0.600. The molecule has 0 aromatic carbocycles. The number of aromatic nitrogens is 1. The maximum atomic E-state index is 13.0. The number of carbonyl (C=O) groups excluding carboxylic acids is 1. The van der Waals surface area contributed by atoms with Gasteiger partial charge >= 0.3 is 6.09 Å². The third-order valence-corrected chi connectivity index (χ3v) is 3.55. The molecule has 1 aromatic heterocycles. The Morgan fingerprint density at radius 1 is 1.24 bits per heavy atom. The summed E-state index contributed by atoms with van der Waals surface area (Å²) in [6, 6.07) is 0. The molecule has 0 atom stereocenters. The van der Waals surface area contributed by atoms with Crippen molar-refractivity contribution in [1.29, 1.82) is 0 Å². The zero-order chi connectivity index (χ0) is 15.9. The van der Waals surface area contributed by atoms with Crippen LogP contribution in [0.1, 0.15) is 55.3 Å². The summed E-state index contributed by atoms with van der Waals surface area (Å²) in [5.74, 6) is 0.